The molecule has 0 bridgehead atoms. The summed E-state index contributed by atoms with van der Waals surface area (Å²) in [4.78, 5) is 21.7. The summed E-state index contributed by atoms with van der Waals surface area (Å²) in [6.45, 7) is 1.10. The van der Waals surface area contributed by atoms with Crippen LogP contribution in [0.4, 0.5) is 13.2 Å². The lowest BCUT2D eigenvalue weighted by Gasteiger charge is -2.16. The van der Waals surface area contributed by atoms with Gasteiger partial charge in [-0.2, -0.15) is 13.2 Å². The molecular weight excluding hydrogens is 343 g/mol. The van der Waals surface area contributed by atoms with Crippen molar-refractivity contribution >= 4 is 16.9 Å². The second kappa shape index (κ2) is 6.16. The average molecular weight is 359 g/mol. The lowest BCUT2D eigenvalue weighted by atomic mass is 10.1. The summed E-state index contributed by atoms with van der Waals surface area (Å²) in [7, 11) is 0. The topological polar surface area (TPSA) is 49.0 Å². The molecule has 2 heterocycles. The number of fused-ring (bicyclic) bond motifs is 1. The third-order valence-electron chi connectivity index (χ3n) is 4.71. The van der Waals surface area contributed by atoms with Crippen LogP contribution in [-0.2, 0) is 6.18 Å². The standard InChI is InChI=1S/C19H16F3N3O/c20-19(21,22)14-6-7-15-16(10-14)24-17(23-15)13-8-9-25(11-13)18(26)12-4-2-1-3-5-12/h1-7,10,13H,8-9,11H2,(H,23,24)/t13-/m0/s1. The van der Waals surface area contributed by atoms with Crippen LogP contribution in [0.25, 0.3) is 11.0 Å². The lowest BCUT2D eigenvalue weighted by Crippen LogP contribution is -2.28. The fraction of sp³-hybridized carbons (Fsp3) is 0.263. The molecule has 0 radical (unpaired) electrons. The van der Waals surface area contributed by atoms with Crippen LogP contribution in [0.2, 0.25) is 0 Å². The number of nitrogens with zero attached hydrogens (tertiary/aromatic N) is 2. The quantitative estimate of drug-likeness (QED) is 0.745. The third-order valence-corrected chi connectivity index (χ3v) is 4.71. The zero-order chi connectivity index (χ0) is 18.3. The summed E-state index contributed by atoms with van der Waals surface area (Å²) in [5, 5.41) is 0. The molecule has 0 spiro atoms. The van der Waals surface area contributed by atoms with Gasteiger partial charge in [0.05, 0.1) is 16.6 Å². The van der Waals surface area contributed by atoms with Crippen molar-refractivity contribution in [1.82, 2.24) is 14.9 Å². The van der Waals surface area contributed by atoms with Crippen molar-refractivity contribution in [3.8, 4) is 0 Å². The fourth-order valence-electron chi connectivity index (χ4n) is 3.33. The van der Waals surface area contributed by atoms with Gasteiger partial charge in [0.25, 0.3) is 5.91 Å². The number of carbonyl (C=O) groups is 1. The maximum absolute atomic E-state index is 12.8. The molecule has 1 N–H and O–H groups in total. The average Bonchev–Trinajstić information content (AvgIpc) is 3.27. The molecule has 1 amide bonds. The predicted molar refractivity (Wildman–Crippen MR) is 90.8 cm³/mol. The third kappa shape index (κ3) is 3.05. The summed E-state index contributed by atoms with van der Waals surface area (Å²) in [5.74, 6) is 0.579. The van der Waals surface area contributed by atoms with Gasteiger partial charge in [0.2, 0.25) is 0 Å². The van der Waals surface area contributed by atoms with Crippen molar-refractivity contribution in [1.29, 1.82) is 0 Å². The monoisotopic (exact) mass is 359 g/mol. The number of hydrogen-bond acceptors (Lipinski definition) is 2. The number of likely N-dealkylation sites (tertiary alicyclic amines) is 1. The number of aromatic amines is 1. The Hall–Kier alpha value is -2.83. The molecule has 0 aliphatic carbocycles. The zero-order valence-electron chi connectivity index (χ0n) is 13.8. The van der Waals surface area contributed by atoms with Gasteiger partial charge in [0, 0.05) is 24.6 Å². The molecule has 3 aromatic rings. The Bertz CT molecular complexity index is 950. The molecule has 7 heteroatoms. The smallest absolute Gasteiger partial charge is 0.342 e. The Kier molecular flexibility index (Phi) is 3.94. The van der Waals surface area contributed by atoms with Crippen LogP contribution in [0.1, 0.15) is 34.1 Å². The van der Waals surface area contributed by atoms with E-state index >= 15 is 0 Å². The first kappa shape index (κ1) is 16.6. The van der Waals surface area contributed by atoms with E-state index in [9.17, 15) is 18.0 Å². The Morgan fingerprint density at radius 3 is 2.65 bits per heavy atom. The highest BCUT2D eigenvalue weighted by molar-refractivity contribution is 5.94. The first-order valence-electron chi connectivity index (χ1n) is 8.33. The van der Waals surface area contributed by atoms with E-state index in [-0.39, 0.29) is 11.8 Å². The molecule has 0 unspecified atom stereocenters. The van der Waals surface area contributed by atoms with E-state index in [1.54, 1.807) is 17.0 Å². The molecule has 1 atom stereocenters. The molecule has 2 aromatic carbocycles. The number of H-pyrrole nitrogens is 1. The Morgan fingerprint density at radius 1 is 1.15 bits per heavy atom. The number of nitrogens with one attached hydrogen (secondary N) is 1. The van der Waals surface area contributed by atoms with E-state index in [1.165, 1.54) is 6.07 Å². The molecule has 26 heavy (non-hydrogen) atoms. The Morgan fingerprint density at radius 2 is 1.92 bits per heavy atom. The minimum atomic E-state index is -4.38. The van der Waals surface area contributed by atoms with Gasteiger partial charge in [-0.05, 0) is 36.8 Å². The first-order chi connectivity index (χ1) is 12.4. The van der Waals surface area contributed by atoms with Gasteiger partial charge in [0.1, 0.15) is 5.82 Å². The zero-order valence-corrected chi connectivity index (χ0v) is 13.8. The van der Waals surface area contributed by atoms with Crippen LogP contribution < -0.4 is 0 Å². The van der Waals surface area contributed by atoms with Gasteiger partial charge in [-0.3, -0.25) is 4.79 Å². The SMILES string of the molecule is O=C(c1ccccc1)N1CC[C@H](c2nc3ccc(C(F)(F)F)cc3[nH]2)C1. The maximum atomic E-state index is 12.8. The van der Waals surface area contributed by atoms with Gasteiger partial charge in [0.15, 0.2) is 0 Å². The van der Waals surface area contributed by atoms with E-state index < -0.39 is 11.7 Å². The van der Waals surface area contributed by atoms with Crippen molar-refractivity contribution in [2.24, 2.45) is 0 Å². The van der Waals surface area contributed by atoms with Crippen molar-refractivity contribution in [2.75, 3.05) is 13.1 Å². The van der Waals surface area contributed by atoms with Crippen LogP contribution in [-0.4, -0.2) is 33.9 Å². The fourth-order valence-corrected chi connectivity index (χ4v) is 3.33. The molecule has 1 aliphatic heterocycles. The van der Waals surface area contributed by atoms with E-state index in [2.05, 4.69) is 9.97 Å². The first-order valence-corrected chi connectivity index (χ1v) is 8.33. The Labute approximate surface area is 147 Å². The van der Waals surface area contributed by atoms with E-state index in [0.29, 0.717) is 35.5 Å². The normalized spacial score (nSPS) is 17.8. The summed E-state index contributed by atoms with van der Waals surface area (Å²) in [5.41, 5.74) is 0.795. The molecule has 1 aliphatic rings. The number of benzene rings is 2. The summed E-state index contributed by atoms with van der Waals surface area (Å²) in [6, 6.07) is 12.5. The highest BCUT2D eigenvalue weighted by atomic mass is 19.4. The molecule has 134 valence electrons. The van der Waals surface area contributed by atoms with Gasteiger partial charge in [-0.25, -0.2) is 4.98 Å². The maximum Gasteiger partial charge on any atom is 0.416 e. The number of carbonyl (C=O) groups excluding carboxylic acids is 1. The second-order valence-corrected chi connectivity index (χ2v) is 6.45. The number of imidazole rings is 1. The summed E-state index contributed by atoms with van der Waals surface area (Å²) < 4.78 is 38.5. The number of rotatable bonds is 2. The summed E-state index contributed by atoms with van der Waals surface area (Å²) in [6.07, 6.45) is -3.66. The van der Waals surface area contributed by atoms with Crippen LogP contribution in [0, 0.1) is 0 Å². The number of alkyl halides is 3. The number of halogens is 3. The van der Waals surface area contributed by atoms with Gasteiger partial charge in [-0.15, -0.1) is 0 Å². The highest BCUT2D eigenvalue weighted by Gasteiger charge is 2.32. The van der Waals surface area contributed by atoms with Crippen LogP contribution >= 0.6 is 0 Å². The summed E-state index contributed by atoms with van der Waals surface area (Å²) >= 11 is 0. The molecule has 0 saturated carbocycles. The van der Waals surface area contributed by atoms with E-state index in [0.717, 1.165) is 18.6 Å². The predicted octanol–water partition coefficient (Wildman–Crippen LogP) is 4.21. The molecule has 1 aromatic heterocycles. The van der Waals surface area contributed by atoms with E-state index in [4.69, 9.17) is 0 Å². The minimum Gasteiger partial charge on any atom is -0.342 e. The van der Waals surface area contributed by atoms with Crippen molar-refractivity contribution in [2.45, 2.75) is 18.5 Å². The molecule has 4 nitrogen and oxygen atoms in total. The molecule has 4 rings (SSSR count). The molecule has 1 saturated heterocycles. The molecule has 1 fully saturated rings. The minimum absolute atomic E-state index is 0.00982. The van der Waals surface area contributed by atoms with Crippen molar-refractivity contribution in [3.05, 3.63) is 65.5 Å². The van der Waals surface area contributed by atoms with Gasteiger partial charge >= 0.3 is 6.18 Å². The van der Waals surface area contributed by atoms with Crippen molar-refractivity contribution in [3.63, 3.8) is 0 Å². The van der Waals surface area contributed by atoms with Gasteiger partial charge < -0.3 is 9.88 Å². The van der Waals surface area contributed by atoms with Gasteiger partial charge in [-0.1, -0.05) is 18.2 Å². The van der Waals surface area contributed by atoms with Crippen LogP contribution in [0.5, 0.6) is 0 Å². The lowest BCUT2D eigenvalue weighted by molar-refractivity contribution is -0.137. The Balaban J connectivity index is 1.54. The van der Waals surface area contributed by atoms with Crippen molar-refractivity contribution < 1.29 is 18.0 Å². The van der Waals surface area contributed by atoms with Crippen LogP contribution in [0.15, 0.2) is 48.5 Å². The number of aromatic nitrogens is 2. The molecular formula is C19H16F3N3O. The van der Waals surface area contributed by atoms with Crippen LogP contribution in [0.3, 0.4) is 0 Å². The van der Waals surface area contributed by atoms with E-state index in [1.807, 2.05) is 18.2 Å². The number of amides is 1. The highest BCUT2D eigenvalue weighted by Crippen LogP contribution is 2.32. The second-order valence-electron chi connectivity index (χ2n) is 6.45. The number of hydrogen-bond donors (Lipinski definition) is 1. The largest absolute Gasteiger partial charge is 0.416 e.